The SMILES string of the molecule is CC(C)NCC1CCCN(C2CCS(=O)(=O)C2)C1. The molecule has 0 radical (unpaired) electrons. The van der Waals surface area contributed by atoms with Gasteiger partial charge in [0, 0.05) is 18.6 Å². The second-order valence-corrected chi connectivity index (χ2v) is 8.35. The highest BCUT2D eigenvalue weighted by molar-refractivity contribution is 7.91. The lowest BCUT2D eigenvalue weighted by Gasteiger charge is -2.36. The van der Waals surface area contributed by atoms with Crippen LogP contribution in [-0.2, 0) is 9.84 Å². The molecule has 18 heavy (non-hydrogen) atoms. The summed E-state index contributed by atoms with van der Waals surface area (Å²) in [6.07, 6.45) is 3.32. The zero-order valence-corrected chi connectivity index (χ0v) is 12.4. The predicted octanol–water partition coefficient (Wildman–Crippen LogP) is 0.884. The van der Waals surface area contributed by atoms with E-state index in [1.807, 2.05) is 0 Å². The molecule has 0 aromatic heterocycles. The number of rotatable bonds is 4. The van der Waals surface area contributed by atoms with Crippen LogP contribution in [-0.4, -0.2) is 56.5 Å². The van der Waals surface area contributed by atoms with Crippen molar-refractivity contribution in [2.24, 2.45) is 5.92 Å². The highest BCUT2D eigenvalue weighted by Crippen LogP contribution is 2.24. The molecule has 0 bridgehead atoms. The lowest BCUT2D eigenvalue weighted by atomic mass is 9.96. The van der Waals surface area contributed by atoms with Crippen molar-refractivity contribution >= 4 is 9.84 Å². The van der Waals surface area contributed by atoms with Crippen LogP contribution >= 0.6 is 0 Å². The third kappa shape index (κ3) is 3.93. The molecular weight excluding hydrogens is 248 g/mol. The Balaban J connectivity index is 1.83. The van der Waals surface area contributed by atoms with E-state index in [2.05, 4.69) is 24.1 Å². The summed E-state index contributed by atoms with van der Waals surface area (Å²) in [6.45, 7) is 7.56. The molecule has 0 aromatic carbocycles. The Labute approximate surface area is 111 Å². The van der Waals surface area contributed by atoms with E-state index in [0.29, 0.717) is 23.5 Å². The van der Waals surface area contributed by atoms with Gasteiger partial charge in [0.15, 0.2) is 9.84 Å². The smallest absolute Gasteiger partial charge is 0.151 e. The molecule has 2 unspecified atom stereocenters. The number of nitrogens with one attached hydrogen (secondary N) is 1. The molecule has 2 atom stereocenters. The second-order valence-electron chi connectivity index (χ2n) is 6.12. The summed E-state index contributed by atoms with van der Waals surface area (Å²) in [5.74, 6) is 1.46. The summed E-state index contributed by atoms with van der Waals surface area (Å²) < 4.78 is 23.1. The van der Waals surface area contributed by atoms with Crippen LogP contribution in [0.4, 0.5) is 0 Å². The maximum absolute atomic E-state index is 11.5. The van der Waals surface area contributed by atoms with Gasteiger partial charge in [0.2, 0.25) is 0 Å². The molecule has 4 nitrogen and oxygen atoms in total. The summed E-state index contributed by atoms with van der Waals surface area (Å²) in [4.78, 5) is 2.42. The second kappa shape index (κ2) is 5.88. The van der Waals surface area contributed by atoms with Gasteiger partial charge < -0.3 is 5.32 Å². The van der Waals surface area contributed by atoms with Gasteiger partial charge in [-0.05, 0) is 38.3 Å². The van der Waals surface area contributed by atoms with Gasteiger partial charge in [0.05, 0.1) is 11.5 Å². The first-order chi connectivity index (χ1) is 8.46. The lowest BCUT2D eigenvalue weighted by molar-refractivity contribution is 0.132. The van der Waals surface area contributed by atoms with Gasteiger partial charge in [-0.3, -0.25) is 4.90 Å². The van der Waals surface area contributed by atoms with E-state index < -0.39 is 9.84 Å². The van der Waals surface area contributed by atoms with Gasteiger partial charge in [0.25, 0.3) is 0 Å². The van der Waals surface area contributed by atoms with E-state index in [9.17, 15) is 8.42 Å². The van der Waals surface area contributed by atoms with E-state index in [1.165, 1.54) is 12.8 Å². The van der Waals surface area contributed by atoms with Crippen molar-refractivity contribution in [3.63, 3.8) is 0 Å². The van der Waals surface area contributed by atoms with Crippen LogP contribution in [0.1, 0.15) is 33.1 Å². The van der Waals surface area contributed by atoms with E-state index in [0.717, 1.165) is 26.1 Å². The highest BCUT2D eigenvalue weighted by Gasteiger charge is 2.34. The number of hydrogen-bond acceptors (Lipinski definition) is 4. The van der Waals surface area contributed by atoms with Crippen molar-refractivity contribution < 1.29 is 8.42 Å². The standard InChI is InChI=1S/C13H26N2O2S/c1-11(2)14-8-12-4-3-6-15(9-12)13-5-7-18(16,17)10-13/h11-14H,3-10H2,1-2H3. The molecule has 0 aliphatic carbocycles. The van der Waals surface area contributed by atoms with Crippen LogP contribution in [0.2, 0.25) is 0 Å². The molecule has 1 N–H and O–H groups in total. The predicted molar refractivity (Wildman–Crippen MR) is 74.5 cm³/mol. The molecule has 0 amide bonds. The summed E-state index contributed by atoms with van der Waals surface area (Å²) in [6, 6.07) is 0.823. The van der Waals surface area contributed by atoms with Crippen LogP contribution < -0.4 is 5.32 Å². The van der Waals surface area contributed by atoms with E-state index in [4.69, 9.17) is 0 Å². The molecule has 2 heterocycles. The monoisotopic (exact) mass is 274 g/mol. The summed E-state index contributed by atoms with van der Waals surface area (Å²) in [5.41, 5.74) is 0. The Morgan fingerprint density at radius 3 is 2.72 bits per heavy atom. The minimum Gasteiger partial charge on any atom is -0.314 e. The molecule has 0 aromatic rings. The lowest BCUT2D eigenvalue weighted by Crippen LogP contribution is -2.46. The summed E-state index contributed by atoms with van der Waals surface area (Å²) in [7, 11) is -2.75. The largest absolute Gasteiger partial charge is 0.314 e. The average Bonchev–Trinajstić information content (AvgIpc) is 2.67. The van der Waals surface area contributed by atoms with E-state index >= 15 is 0 Å². The zero-order valence-electron chi connectivity index (χ0n) is 11.6. The van der Waals surface area contributed by atoms with Crippen molar-refractivity contribution in [3.05, 3.63) is 0 Å². The third-order valence-electron chi connectivity index (χ3n) is 4.09. The number of piperidine rings is 1. The Bertz CT molecular complexity index is 367. The summed E-state index contributed by atoms with van der Waals surface area (Å²) >= 11 is 0. The number of hydrogen-bond donors (Lipinski definition) is 1. The fourth-order valence-corrected chi connectivity index (χ4v) is 4.82. The molecule has 2 aliphatic heterocycles. The topological polar surface area (TPSA) is 49.4 Å². The fourth-order valence-electron chi connectivity index (χ4n) is 3.06. The number of nitrogens with zero attached hydrogens (tertiary/aromatic N) is 1. The van der Waals surface area contributed by atoms with Crippen molar-refractivity contribution in [2.75, 3.05) is 31.1 Å². The van der Waals surface area contributed by atoms with Crippen molar-refractivity contribution in [2.45, 2.75) is 45.2 Å². The van der Waals surface area contributed by atoms with Crippen molar-refractivity contribution in [3.8, 4) is 0 Å². The molecule has 5 heteroatoms. The van der Waals surface area contributed by atoms with Gasteiger partial charge in [-0.25, -0.2) is 8.42 Å². The van der Waals surface area contributed by atoms with Gasteiger partial charge in [-0.2, -0.15) is 0 Å². The Morgan fingerprint density at radius 1 is 1.33 bits per heavy atom. The van der Waals surface area contributed by atoms with Gasteiger partial charge >= 0.3 is 0 Å². The zero-order chi connectivity index (χ0) is 13.2. The molecule has 0 spiro atoms. The maximum atomic E-state index is 11.5. The van der Waals surface area contributed by atoms with Crippen LogP contribution in [0.15, 0.2) is 0 Å². The van der Waals surface area contributed by atoms with Crippen LogP contribution in [0.3, 0.4) is 0 Å². The van der Waals surface area contributed by atoms with Crippen LogP contribution in [0, 0.1) is 5.92 Å². The van der Waals surface area contributed by atoms with E-state index in [-0.39, 0.29) is 6.04 Å². The third-order valence-corrected chi connectivity index (χ3v) is 5.84. The van der Waals surface area contributed by atoms with Gasteiger partial charge in [-0.1, -0.05) is 13.8 Å². The minimum atomic E-state index is -2.75. The Kier molecular flexibility index (Phi) is 4.67. The first kappa shape index (κ1) is 14.3. The average molecular weight is 274 g/mol. The first-order valence-corrected chi connectivity index (χ1v) is 8.96. The Hall–Kier alpha value is -0.130. The van der Waals surface area contributed by atoms with Crippen LogP contribution in [0.5, 0.6) is 0 Å². The molecular formula is C13H26N2O2S. The van der Waals surface area contributed by atoms with Crippen molar-refractivity contribution in [1.29, 1.82) is 0 Å². The summed E-state index contributed by atoms with van der Waals surface area (Å²) in [5, 5.41) is 3.50. The minimum absolute atomic E-state index is 0.289. The van der Waals surface area contributed by atoms with Crippen LogP contribution in [0.25, 0.3) is 0 Å². The molecule has 2 fully saturated rings. The molecule has 0 saturated carbocycles. The maximum Gasteiger partial charge on any atom is 0.151 e. The first-order valence-electron chi connectivity index (χ1n) is 7.14. The quantitative estimate of drug-likeness (QED) is 0.827. The number of sulfone groups is 1. The normalized spacial score (nSPS) is 33.1. The van der Waals surface area contributed by atoms with Gasteiger partial charge in [0.1, 0.15) is 0 Å². The van der Waals surface area contributed by atoms with Gasteiger partial charge in [-0.15, -0.1) is 0 Å². The van der Waals surface area contributed by atoms with Crippen molar-refractivity contribution in [1.82, 2.24) is 10.2 Å². The van der Waals surface area contributed by atoms with E-state index in [1.54, 1.807) is 0 Å². The number of likely N-dealkylation sites (tertiary alicyclic amines) is 1. The molecule has 106 valence electrons. The highest BCUT2D eigenvalue weighted by atomic mass is 32.2. The Morgan fingerprint density at radius 2 is 2.11 bits per heavy atom. The molecule has 2 saturated heterocycles. The fraction of sp³-hybridized carbons (Fsp3) is 1.00. The molecule has 2 aliphatic rings. The molecule has 2 rings (SSSR count).